The van der Waals surface area contributed by atoms with Gasteiger partial charge in [-0.1, -0.05) is 25.3 Å². The summed E-state index contributed by atoms with van der Waals surface area (Å²) in [7, 11) is 1.49. The number of ether oxygens (including phenoxy) is 2. The zero-order chi connectivity index (χ0) is 25.7. The van der Waals surface area contributed by atoms with Gasteiger partial charge >= 0.3 is 0 Å². The third-order valence-corrected chi connectivity index (χ3v) is 6.19. The van der Waals surface area contributed by atoms with Gasteiger partial charge in [-0.2, -0.15) is 10.5 Å². The number of nitrogens with zero attached hydrogens (tertiary/aromatic N) is 4. The quantitative estimate of drug-likeness (QED) is 0.295. The van der Waals surface area contributed by atoms with Gasteiger partial charge in [0.15, 0.2) is 24.3 Å². The van der Waals surface area contributed by atoms with Crippen LogP contribution in [0.3, 0.4) is 0 Å². The summed E-state index contributed by atoms with van der Waals surface area (Å²) < 4.78 is 11.2. The van der Waals surface area contributed by atoms with Gasteiger partial charge in [0.25, 0.3) is 5.91 Å². The highest BCUT2D eigenvalue weighted by molar-refractivity contribution is 5.98. The molecule has 36 heavy (non-hydrogen) atoms. The fourth-order valence-corrected chi connectivity index (χ4v) is 4.46. The first-order valence-corrected chi connectivity index (χ1v) is 11.5. The number of benzene rings is 1. The Hall–Kier alpha value is -4.71. The molecule has 1 atom stereocenters. The minimum atomic E-state index is -0.727. The Morgan fingerprint density at radius 1 is 1.22 bits per heavy atom. The van der Waals surface area contributed by atoms with Crippen molar-refractivity contribution in [2.24, 2.45) is 4.99 Å². The fourth-order valence-electron chi connectivity index (χ4n) is 4.46. The number of amides is 1. The molecule has 4 rings (SSSR count). The first-order chi connectivity index (χ1) is 17.4. The molecule has 0 radical (unpaired) electrons. The SMILES string of the molecule is COc1cc(C2N=C(NC#N)Nc3nc(N)c(C#N)c(N)c32)ccc1OCC(=O)NC1CCCCC1. The maximum absolute atomic E-state index is 12.4. The van der Waals surface area contributed by atoms with Crippen molar-refractivity contribution in [3.05, 3.63) is 34.9 Å². The van der Waals surface area contributed by atoms with Crippen molar-refractivity contribution in [1.29, 1.82) is 10.5 Å². The summed E-state index contributed by atoms with van der Waals surface area (Å²) in [6.45, 7) is -0.140. The number of carbonyl (C=O) groups excluding carboxylic acids is 1. The van der Waals surface area contributed by atoms with Gasteiger partial charge in [-0.25, -0.2) is 9.98 Å². The lowest BCUT2D eigenvalue weighted by molar-refractivity contribution is -0.124. The smallest absolute Gasteiger partial charge is 0.258 e. The van der Waals surface area contributed by atoms with Gasteiger partial charge in [0.1, 0.15) is 29.3 Å². The van der Waals surface area contributed by atoms with E-state index in [1.54, 1.807) is 18.2 Å². The zero-order valence-corrected chi connectivity index (χ0v) is 19.8. The summed E-state index contributed by atoms with van der Waals surface area (Å²) >= 11 is 0. The van der Waals surface area contributed by atoms with Gasteiger partial charge in [0, 0.05) is 11.6 Å². The number of hydrogen-bond donors (Lipinski definition) is 5. The summed E-state index contributed by atoms with van der Waals surface area (Å²) in [4.78, 5) is 21.1. The van der Waals surface area contributed by atoms with Crippen LogP contribution in [-0.2, 0) is 4.79 Å². The first-order valence-electron chi connectivity index (χ1n) is 11.5. The molecule has 0 spiro atoms. The molecule has 1 aromatic carbocycles. The zero-order valence-electron chi connectivity index (χ0n) is 19.8. The topological polar surface area (TPSA) is 196 Å². The standard InChI is InChI=1S/C24H27N9O3/c1-35-17-9-13(7-8-16(17)36-11-18(34)30-14-5-3-2-4-6-14)21-19-20(27)15(10-25)22(28)32-23(19)33-24(31-21)29-12-26/h7-9,14,21H,2-6,11H2,1H3,(H,30,34)(H6,27,28,29,31,32,33). The number of nitrogens with one attached hydrogen (secondary N) is 3. The highest BCUT2D eigenvalue weighted by Gasteiger charge is 2.30. The van der Waals surface area contributed by atoms with Crippen LogP contribution in [0.5, 0.6) is 11.5 Å². The van der Waals surface area contributed by atoms with Crippen LogP contribution in [0.25, 0.3) is 0 Å². The van der Waals surface area contributed by atoms with Crippen molar-refractivity contribution in [3.63, 3.8) is 0 Å². The molecular weight excluding hydrogens is 462 g/mol. The lowest BCUT2D eigenvalue weighted by Crippen LogP contribution is -2.39. The van der Waals surface area contributed by atoms with Crippen molar-refractivity contribution in [2.75, 3.05) is 30.5 Å². The Bertz CT molecular complexity index is 1270. The van der Waals surface area contributed by atoms with Crippen molar-refractivity contribution in [1.82, 2.24) is 15.6 Å². The number of fused-ring (bicyclic) bond motifs is 1. The van der Waals surface area contributed by atoms with E-state index in [1.165, 1.54) is 13.5 Å². The van der Waals surface area contributed by atoms with E-state index in [-0.39, 0.29) is 47.4 Å². The van der Waals surface area contributed by atoms with E-state index >= 15 is 0 Å². The van der Waals surface area contributed by atoms with Crippen LogP contribution in [0, 0.1) is 22.8 Å². The predicted octanol–water partition coefficient (Wildman–Crippen LogP) is 1.90. The summed E-state index contributed by atoms with van der Waals surface area (Å²) in [5.74, 6) is 0.967. The van der Waals surface area contributed by atoms with Gasteiger partial charge in [0.05, 0.1) is 12.8 Å². The number of guanidine groups is 1. The molecule has 1 aliphatic carbocycles. The van der Waals surface area contributed by atoms with E-state index in [0.29, 0.717) is 22.6 Å². The second-order valence-electron chi connectivity index (χ2n) is 8.50. The second kappa shape index (κ2) is 10.7. The number of carbonyl (C=O) groups is 1. The second-order valence-corrected chi connectivity index (χ2v) is 8.50. The van der Waals surface area contributed by atoms with Gasteiger partial charge in [-0.05, 0) is 30.5 Å². The van der Waals surface area contributed by atoms with Gasteiger partial charge in [-0.15, -0.1) is 0 Å². The minimum Gasteiger partial charge on any atom is -0.493 e. The van der Waals surface area contributed by atoms with Crippen LogP contribution in [0.2, 0.25) is 0 Å². The Balaban J connectivity index is 1.60. The Kier molecular flexibility index (Phi) is 7.25. The minimum absolute atomic E-state index is 0.0361. The molecule has 1 fully saturated rings. The molecular formula is C24H27N9O3. The molecule has 1 aromatic heterocycles. The summed E-state index contributed by atoms with van der Waals surface area (Å²) in [5.41, 5.74) is 13.4. The van der Waals surface area contributed by atoms with E-state index < -0.39 is 6.04 Å². The number of rotatable bonds is 6. The number of methoxy groups -OCH3 is 1. The molecule has 12 nitrogen and oxygen atoms in total. The largest absolute Gasteiger partial charge is 0.493 e. The molecule has 1 aliphatic heterocycles. The number of nitrogens with two attached hydrogens (primary N) is 2. The summed E-state index contributed by atoms with van der Waals surface area (Å²) in [6, 6.07) is 6.55. The van der Waals surface area contributed by atoms with Crippen LogP contribution < -0.4 is 36.9 Å². The van der Waals surface area contributed by atoms with E-state index in [1.807, 2.05) is 12.3 Å². The number of aliphatic imine (C=N–C) groups is 1. The van der Waals surface area contributed by atoms with Crippen molar-refractivity contribution in [3.8, 4) is 23.8 Å². The maximum atomic E-state index is 12.4. The summed E-state index contributed by atoms with van der Waals surface area (Å²) in [6.07, 6.45) is 7.24. The highest BCUT2D eigenvalue weighted by Crippen LogP contribution is 2.42. The molecule has 1 unspecified atom stereocenters. The summed E-state index contributed by atoms with van der Waals surface area (Å²) in [5, 5.41) is 26.9. The number of aromatic nitrogens is 1. The van der Waals surface area contributed by atoms with Gasteiger partial charge in [0.2, 0.25) is 5.96 Å². The Morgan fingerprint density at radius 3 is 2.69 bits per heavy atom. The first kappa shape index (κ1) is 24.4. The van der Waals surface area contributed by atoms with E-state index in [0.717, 1.165) is 25.7 Å². The van der Waals surface area contributed by atoms with Crippen molar-refractivity contribution < 1.29 is 14.3 Å². The number of nitriles is 2. The number of hydrogen-bond acceptors (Lipinski definition) is 11. The third-order valence-electron chi connectivity index (χ3n) is 6.19. The third kappa shape index (κ3) is 5.03. The van der Waals surface area contributed by atoms with Crippen LogP contribution in [0.15, 0.2) is 23.2 Å². The molecule has 7 N–H and O–H groups in total. The number of anilines is 3. The molecule has 0 bridgehead atoms. The lowest BCUT2D eigenvalue weighted by Gasteiger charge is -2.26. The molecule has 1 amide bonds. The Labute approximate surface area is 208 Å². The molecule has 186 valence electrons. The van der Waals surface area contributed by atoms with Crippen LogP contribution >= 0.6 is 0 Å². The molecule has 2 heterocycles. The van der Waals surface area contributed by atoms with Gasteiger partial charge < -0.3 is 31.6 Å². The van der Waals surface area contributed by atoms with Crippen LogP contribution in [-0.4, -0.2) is 36.6 Å². The van der Waals surface area contributed by atoms with Crippen LogP contribution in [0.1, 0.15) is 54.8 Å². The monoisotopic (exact) mass is 489 g/mol. The molecule has 0 saturated heterocycles. The molecule has 2 aliphatic rings. The number of pyridine rings is 1. The van der Waals surface area contributed by atoms with E-state index in [4.69, 9.17) is 26.2 Å². The van der Waals surface area contributed by atoms with E-state index in [2.05, 4.69) is 25.9 Å². The maximum Gasteiger partial charge on any atom is 0.258 e. The number of nitrogen functional groups attached to an aromatic ring is 2. The Morgan fingerprint density at radius 2 is 2.00 bits per heavy atom. The lowest BCUT2D eigenvalue weighted by atomic mass is 9.95. The van der Waals surface area contributed by atoms with Gasteiger partial charge in [-0.3, -0.25) is 10.1 Å². The molecule has 12 heteroatoms. The van der Waals surface area contributed by atoms with Crippen molar-refractivity contribution in [2.45, 2.75) is 44.2 Å². The van der Waals surface area contributed by atoms with E-state index in [9.17, 15) is 10.1 Å². The van der Waals surface area contributed by atoms with Crippen molar-refractivity contribution >= 4 is 29.2 Å². The highest BCUT2D eigenvalue weighted by atomic mass is 16.5. The fraction of sp³-hybridized carbons (Fsp3) is 0.375. The molecule has 1 saturated carbocycles. The average molecular weight is 490 g/mol. The van der Waals surface area contributed by atoms with Crippen LogP contribution in [0.4, 0.5) is 17.3 Å². The average Bonchev–Trinajstić information content (AvgIpc) is 2.88. The molecule has 2 aromatic rings. The predicted molar refractivity (Wildman–Crippen MR) is 133 cm³/mol. The normalized spacial score (nSPS) is 16.9.